The Hall–Kier alpha value is -1.31. The summed E-state index contributed by atoms with van der Waals surface area (Å²) in [6.45, 7) is 1.07. The highest BCUT2D eigenvalue weighted by molar-refractivity contribution is 8.13. The van der Waals surface area contributed by atoms with Gasteiger partial charge in [-0.25, -0.2) is 8.42 Å². The smallest absolute Gasteiger partial charge is 0.265 e. The summed E-state index contributed by atoms with van der Waals surface area (Å²) in [7, 11) is 4.32. The highest BCUT2D eigenvalue weighted by Crippen LogP contribution is 2.28. The maximum atomic E-state index is 12.4. The van der Waals surface area contributed by atoms with Gasteiger partial charge in [0.15, 0.2) is 0 Å². The molecular weight excluding hydrogens is 318 g/mol. The SMILES string of the molecule is COc1ccc(C(=O)N2CCC(OC)C2)cc1S(=O)(=O)Cl. The molecule has 0 N–H and O–H groups in total. The largest absolute Gasteiger partial charge is 0.495 e. The Kier molecular flexibility index (Phi) is 4.75. The molecule has 0 spiro atoms. The highest BCUT2D eigenvalue weighted by atomic mass is 35.7. The van der Waals surface area contributed by atoms with Crippen LogP contribution in [0.25, 0.3) is 0 Å². The molecule has 1 amide bonds. The predicted octanol–water partition coefficient (Wildman–Crippen LogP) is 1.48. The molecule has 1 aromatic rings. The standard InChI is InChI=1S/C13H16ClNO5S/c1-19-10-5-6-15(8-10)13(16)9-3-4-11(20-2)12(7-9)21(14,17)18/h3-4,7,10H,5-6,8H2,1-2H3. The molecule has 0 aromatic heterocycles. The van der Waals surface area contributed by atoms with Crippen molar-refractivity contribution in [2.24, 2.45) is 0 Å². The normalized spacial score (nSPS) is 18.8. The first-order chi connectivity index (χ1) is 9.86. The van der Waals surface area contributed by atoms with E-state index in [2.05, 4.69) is 0 Å². The third kappa shape index (κ3) is 3.48. The van der Waals surface area contributed by atoms with E-state index in [1.54, 1.807) is 12.0 Å². The molecule has 1 heterocycles. The number of likely N-dealkylation sites (tertiary alicyclic amines) is 1. The number of nitrogens with zero attached hydrogens (tertiary/aromatic N) is 1. The van der Waals surface area contributed by atoms with Gasteiger partial charge in [-0.1, -0.05) is 0 Å². The van der Waals surface area contributed by atoms with Gasteiger partial charge in [0.05, 0.1) is 13.2 Å². The van der Waals surface area contributed by atoms with Crippen molar-refractivity contribution in [2.75, 3.05) is 27.3 Å². The fraction of sp³-hybridized carbons (Fsp3) is 0.462. The van der Waals surface area contributed by atoms with Gasteiger partial charge in [0.1, 0.15) is 10.6 Å². The Bertz CT molecular complexity index is 646. The van der Waals surface area contributed by atoms with Gasteiger partial charge in [-0.3, -0.25) is 4.79 Å². The summed E-state index contributed by atoms with van der Waals surface area (Å²) in [5, 5.41) is 0. The molecule has 1 aromatic carbocycles. The maximum Gasteiger partial charge on any atom is 0.265 e. The first-order valence-electron chi connectivity index (χ1n) is 6.31. The number of halogens is 1. The summed E-state index contributed by atoms with van der Waals surface area (Å²) in [6, 6.07) is 4.18. The van der Waals surface area contributed by atoms with Gasteiger partial charge in [0, 0.05) is 36.4 Å². The lowest BCUT2D eigenvalue weighted by Gasteiger charge is -2.17. The van der Waals surface area contributed by atoms with Crippen molar-refractivity contribution in [2.45, 2.75) is 17.4 Å². The number of hydrogen-bond donors (Lipinski definition) is 0. The summed E-state index contributed by atoms with van der Waals surface area (Å²) < 4.78 is 33.3. The third-order valence-corrected chi connectivity index (χ3v) is 4.78. The van der Waals surface area contributed by atoms with Crippen molar-refractivity contribution in [1.82, 2.24) is 4.90 Å². The van der Waals surface area contributed by atoms with Gasteiger partial charge in [-0.15, -0.1) is 0 Å². The zero-order valence-electron chi connectivity index (χ0n) is 11.7. The van der Waals surface area contributed by atoms with Crippen molar-refractivity contribution in [1.29, 1.82) is 0 Å². The number of hydrogen-bond acceptors (Lipinski definition) is 5. The van der Waals surface area contributed by atoms with Crippen LogP contribution in [0.15, 0.2) is 23.1 Å². The Balaban J connectivity index is 2.31. The number of amides is 1. The fourth-order valence-corrected chi connectivity index (χ4v) is 3.31. The predicted molar refractivity (Wildman–Crippen MR) is 77.4 cm³/mol. The molecule has 6 nitrogen and oxygen atoms in total. The summed E-state index contributed by atoms with van der Waals surface area (Å²) in [5.41, 5.74) is 0.256. The van der Waals surface area contributed by atoms with Crippen LogP contribution in [0.2, 0.25) is 0 Å². The van der Waals surface area contributed by atoms with Crippen LogP contribution in [-0.2, 0) is 13.8 Å². The number of benzene rings is 1. The molecule has 1 fully saturated rings. The summed E-state index contributed by atoms with van der Waals surface area (Å²) in [5.74, 6) is -0.142. The minimum atomic E-state index is -3.99. The van der Waals surface area contributed by atoms with Crippen LogP contribution in [0.1, 0.15) is 16.8 Å². The average molecular weight is 334 g/mol. The summed E-state index contributed by atoms with van der Waals surface area (Å²) in [4.78, 5) is 13.8. The highest BCUT2D eigenvalue weighted by Gasteiger charge is 2.28. The summed E-state index contributed by atoms with van der Waals surface area (Å²) in [6.07, 6.45) is 0.780. The second kappa shape index (κ2) is 6.21. The van der Waals surface area contributed by atoms with Gasteiger partial charge in [-0.05, 0) is 24.6 Å². The first kappa shape index (κ1) is 16.1. The Labute approximate surface area is 128 Å². The second-order valence-corrected chi connectivity index (χ2v) is 7.24. The number of carbonyl (C=O) groups is 1. The molecular formula is C13H16ClNO5S. The first-order valence-corrected chi connectivity index (χ1v) is 8.62. The van der Waals surface area contributed by atoms with Crippen molar-refractivity contribution in [3.05, 3.63) is 23.8 Å². The minimum absolute atomic E-state index is 0.0171. The molecule has 2 rings (SSSR count). The van der Waals surface area contributed by atoms with E-state index in [0.717, 1.165) is 6.42 Å². The van der Waals surface area contributed by atoms with Gasteiger partial charge in [0.25, 0.3) is 15.0 Å². The Morgan fingerprint density at radius 1 is 1.38 bits per heavy atom. The Morgan fingerprint density at radius 3 is 2.62 bits per heavy atom. The maximum absolute atomic E-state index is 12.4. The number of carbonyl (C=O) groups excluding carboxylic acids is 1. The van der Waals surface area contributed by atoms with Gasteiger partial charge >= 0.3 is 0 Å². The number of rotatable bonds is 4. The average Bonchev–Trinajstić information content (AvgIpc) is 2.93. The number of methoxy groups -OCH3 is 2. The third-order valence-electron chi connectivity index (χ3n) is 3.44. The summed E-state index contributed by atoms with van der Waals surface area (Å²) >= 11 is 0. The van der Waals surface area contributed by atoms with Crippen LogP contribution in [0.4, 0.5) is 0 Å². The molecule has 1 aliphatic heterocycles. The van der Waals surface area contributed by atoms with Crippen LogP contribution in [0.3, 0.4) is 0 Å². The zero-order valence-corrected chi connectivity index (χ0v) is 13.3. The van der Waals surface area contributed by atoms with Crippen LogP contribution < -0.4 is 4.74 Å². The minimum Gasteiger partial charge on any atom is -0.495 e. The number of ether oxygens (including phenoxy) is 2. The van der Waals surface area contributed by atoms with Crippen LogP contribution >= 0.6 is 10.7 Å². The quantitative estimate of drug-likeness (QED) is 0.780. The van der Waals surface area contributed by atoms with Gasteiger partial charge < -0.3 is 14.4 Å². The van der Waals surface area contributed by atoms with Crippen LogP contribution in [0, 0.1) is 0 Å². The van der Waals surface area contributed by atoms with E-state index >= 15 is 0 Å². The van der Waals surface area contributed by atoms with Crippen LogP contribution in [0.5, 0.6) is 5.75 Å². The molecule has 1 atom stereocenters. The van der Waals surface area contributed by atoms with Crippen molar-refractivity contribution in [3.8, 4) is 5.75 Å². The van der Waals surface area contributed by atoms with E-state index in [1.165, 1.54) is 25.3 Å². The van der Waals surface area contributed by atoms with E-state index < -0.39 is 9.05 Å². The zero-order chi connectivity index (χ0) is 15.6. The molecule has 1 aliphatic rings. The molecule has 21 heavy (non-hydrogen) atoms. The van der Waals surface area contributed by atoms with Gasteiger partial charge in [-0.2, -0.15) is 0 Å². The lowest BCUT2D eigenvalue weighted by atomic mass is 10.2. The lowest BCUT2D eigenvalue weighted by molar-refractivity contribution is 0.0724. The molecule has 1 unspecified atom stereocenters. The molecule has 8 heteroatoms. The van der Waals surface area contributed by atoms with E-state index in [-0.39, 0.29) is 28.2 Å². The van der Waals surface area contributed by atoms with Crippen molar-refractivity contribution in [3.63, 3.8) is 0 Å². The second-order valence-electron chi connectivity index (χ2n) is 4.70. The Morgan fingerprint density at radius 2 is 2.10 bits per heavy atom. The van der Waals surface area contributed by atoms with E-state index in [4.69, 9.17) is 20.2 Å². The fourth-order valence-electron chi connectivity index (χ4n) is 2.29. The molecule has 1 saturated heterocycles. The molecule has 0 bridgehead atoms. The molecule has 116 valence electrons. The molecule has 0 radical (unpaired) electrons. The topological polar surface area (TPSA) is 72.9 Å². The van der Waals surface area contributed by atoms with Gasteiger partial charge in [0.2, 0.25) is 0 Å². The molecule has 0 saturated carbocycles. The van der Waals surface area contributed by atoms with Crippen molar-refractivity contribution >= 4 is 25.6 Å². The monoisotopic (exact) mass is 333 g/mol. The van der Waals surface area contributed by atoms with E-state index in [9.17, 15) is 13.2 Å². The van der Waals surface area contributed by atoms with E-state index in [1.807, 2.05) is 0 Å². The van der Waals surface area contributed by atoms with E-state index in [0.29, 0.717) is 13.1 Å². The molecule has 0 aliphatic carbocycles. The van der Waals surface area contributed by atoms with Crippen LogP contribution in [-0.4, -0.2) is 52.6 Å². The lowest BCUT2D eigenvalue weighted by Crippen LogP contribution is -2.30. The van der Waals surface area contributed by atoms with Crippen molar-refractivity contribution < 1.29 is 22.7 Å².